The molecule has 1 N–H and O–H groups in total. The van der Waals surface area contributed by atoms with Crippen LogP contribution in [0.25, 0.3) is 0 Å². The van der Waals surface area contributed by atoms with Crippen molar-refractivity contribution in [1.29, 1.82) is 0 Å². The molecule has 2 aromatic heterocycles. The summed E-state index contributed by atoms with van der Waals surface area (Å²) >= 11 is 3.43. The quantitative estimate of drug-likeness (QED) is 0.515. The molecule has 8 nitrogen and oxygen atoms in total. The Balaban J connectivity index is 1.54. The maximum absolute atomic E-state index is 12.3. The second kappa shape index (κ2) is 9.42. The fourth-order valence-electron chi connectivity index (χ4n) is 2.62. The highest BCUT2D eigenvalue weighted by Gasteiger charge is 2.14. The number of aromatic nitrogens is 2. The van der Waals surface area contributed by atoms with Gasteiger partial charge in [0.2, 0.25) is 0 Å². The number of aryl methyl sites for hydroxylation is 1. The molecule has 9 heteroatoms. The van der Waals surface area contributed by atoms with Gasteiger partial charge in [0.05, 0.1) is 35.6 Å². The fourth-order valence-corrected chi connectivity index (χ4v) is 3.06. The second-order valence-electron chi connectivity index (χ2n) is 6.01. The Morgan fingerprint density at radius 3 is 2.66 bits per heavy atom. The van der Waals surface area contributed by atoms with Gasteiger partial charge in [-0.25, -0.2) is 4.79 Å². The topological polar surface area (TPSA) is 95.6 Å². The first-order chi connectivity index (χ1) is 14.0. The van der Waals surface area contributed by atoms with E-state index >= 15 is 0 Å². The van der Waals surface area contributed by atoms with Crippen LogP contribution in [0.5, 0.6) is 5.75 Å². The molecule has 0 spiro atoms. The minimum atomic E-state index is -0.410. The molecule has 0 fully saturated rings. The van der Waals surface area contributed by atoms with Gasteiger partial charge in [0.1, 0.15) is 18.1 Å². The van der Waals surface area contributed by atoms with E-state index in [1.54, 1.807) is 47.3 Å². The van der Waals surface area contributed by atoms with Crippen LogP contribution in [0.3, 0.4) is 0 Å². The zero-order valence-corrected chi connectivity index (χ0v) is 17.6. The zero-order valence-electron chi connectivity index (χ0n) is 16.0. The third kappa shape index (κ3) is 5.05. The molecular weight excluding hydrogens is 442 g/mol. The lowest BCUT2D eigenvalue weighted by atomic mass is 10.2. The number of carbonyl (C=O) groups excluding carboxylic acids is 2. The van der Waals surface area contributed by atoms with E-state index in [2.05, 4.69) is 31.1 Å². The molecule has 152 valence electrons. The third-order valence-electron chi connectivity index (χ3n) is 4.16. The largest absolute Gasteiger partial charge is 0.486 e. The van der Waals surface area contributed by atoms with E-state index < -0.39 is 5.97 Å². The van der Waals surface area contributed by atoms with E-state index in [0.717, 1.165) is 10.2 Å². The van der Waals surface area contributed by atoms with E-state index in [4.69, 9.17) is 9.15 Å². The summed E-state index contributed by atoms with van der Waals surface area (Å²) in [6.07, 6.45) is 1.70. The summed E-state index contributed by atoms with van der Waals surface area (Å²) in [7, 11) is 1.33. The number of nitrogens with zero attached hydrogens (tertiary/aromatic N) is 2. The van der Waals surface area contributed by atoms with Crippen molar-refractivity contribution in [2.45, 2.75) is 26.6 Å². The number of esters is 1. The van der Waals surface area contributed by atoms with Gasteiger partial charge in [0.15, 0.2) is 5.76 Å². The number of nitrogens with one attached hydrogen (secondary N) is 1. The molecule has 0 unspecified atom stereocenters. The van der Waals surface area contributed by atoms with Gasteiger partial charge in [-0.3, -0.25) is 9.48 Å². The van der Waals surface area contributed by atoms with Crippen LogP contribution in [-0.4, -0.2) is 28.8 Å². The highest BCUT2D eigenvalue weighted by molar-refractivity contribution is 9.10. The molecule has 0 aliphatic rings. The second-order valence-corrected chi connectivity index (χ2v) is 6.86. The van der Waals surface area contributed by atoms with Crippen LogP contribution in [0.1, 0.15) is 39.3 Å². The van der Waals surface area contributed by atoms with Crippen molar-refractivity contribution < 1.29 is 23.5 Å². The van der Waals surface area contributed by atoms with Crippen molar-refractivity contribution in [2.75, 3.05) is 7.11 Å². The Bertz CT molecular complexity index is 994. The number of hydrogen-bond donors (Lipinski definition) is 1. The molecule has 0 saturated heterocycles. The molecule has 0 saturated carbocycles. The first-order valence-electron chi connectivity index (χ1n) is 8.90. The summed E-state index contributed by atoms with van der Waals surface area (Å²) in [5, 5.41) is 7.03. The smallest absolute Gasteiger partial charge is 0.337 e. The minimum Gasteiger partial charge on any atom is -0.486 e. The molecule has 1 amide bonds. The standard InChI is InChI=1S/C20H20BrN3O5/c1-3-24-17(16(21)10-23-24)11-22-19(25)18-9-8-15(29-18)12-28-14-6-4-13(5-7-14)20(26)27-2/h4-10H,3,11-12H2,1-2H3,(H,22,25). The Labute approximate surface area is 175 Å². The van der Waals surface area contributed by atoms with E-state index in [9.17, 15) is 9.59 Å². The molecule has 2 heterocycles. The van der Waals surface area contributed by atoms with Crippen LogP contribution in [0.4, 0.5) is 0 Å². The number of benzene rings is 1. The van der Waals surface area contributed by atoms with Gasteiger partial charge in [0.25, 0.3) is 5.91 Å². The number of amides is 1. The van der Waals surface area contributed by atoms with Crippen LogP contribution in [-0.2, 0) is 24.4 Å². The van der Waals surface area contributed by atoms with Crippen LogP contribution in [0.15, 0.2) is 51.5 Å². The van der Waals surface area contributed by atoms with E-state index in [-0.39, 0.29) is 18.3 Å². The summed E-state index contributed by atoms with van der Waals surface area (Å²) in [5.74, 6) is 0.537. The molecule has 1 aromatic carbocycles. The van der Waals surface area contributed by atoms with Crippen LogP contribution in [0, 0.1) is 0 Å². The van der Waals surface area contributed by atoms with Gasteiger partial charge < -0.3 is 19.2 Å². The predicted octanol–water partition coefficient (Wildman–Crippen LogP) is 3.55. The van der Waals surface area contributed by atoms with Crippen molar-refractivity contribution in [3.05, 3.63) is 69.8 Å². The Morgan fingerprint density at radius 2 is 1.97 bits per heavy atom. The first kappa shape index (κ1) is 20.7. The molecular formula is C20H20BrN3O5. The molecule has 29 heavy (non-hydrogen) atoms. The minimum absolute atomic E-state index is 0.152. The van der Waals surface area contributed by atoms with Gasteiger partial charge in [-0.05, 0) is 59.3 Å². The molecule has 0 aliphatic carbocycles. The molecule has 3 aromatic rings. The average Bonchev–Trinajstić information content (AvgIpc) is 3.36. The van der Waals surface area contributed by atoms with Crippen molar-refractivity contribution in [1.82, 2.24) is 15.1 Å². The first-order valence-corrected chi connectivity index (χ1v) is 9.69. The number of rotatable bonds is 8. The molecule has 3 rings (SSSR count). The normalized spacial score (nSPS) is 10.6. The number of hydrogen-bond acceptors (Lipinski definition) is 6. The Morgan fingerprint density at radius 1 is 1.21 bits per heavy atom. The lowest BCUT2D eigenvalue weighted by molar-refractivity contribution is 0.0600. The summed E-state index contributed by atoms with van der Waals surface area (Å²) in [6, 6.07) is 9.84. The monoisotopic (exact) mass is 461 g/mol. The number of ether oxygens (including phenoxy) is 2. The Hall–Kier alpha value is -3.07. The van der Waals surface area contributed by atoms with Gasteiger partial charge in [-0.1, -0.05) is 0 Å². The van der Waals surface area contributed by atoms with E-state index in [0.29, 0.717) is 30.2 Å². The van der Waals surface area contributed by atoms with Gasteiger partial charge in [-0.15, -0.1) is 0 Å². The lowest BCUT2D eigenvalue weighted by Crippen LogP contribution is -2.24. The number of methoxy groups -OCH3 is 1. The maximum Gasteiger partial charge on any atom is 0.337 e. The maximum atomic E-state index is 12.3. The van der Waals surface area contributed by atoms with Gasteiger partial charge >= 0.3 is 5.97 Å². The van der Waals surface area contributed by atoms with Crippen LogP contribution >= 0.6 is 15.9 Å². The number of furan rings is 1. The number of carbonyl (C=O) groups is 2. The van der Waals surface area contributed by atoms with Crippen molar-refractivity contribution >= 4 is 27.8 Å². The summed E-state index contributed by atoms with van der Waals surface area (Å²) in [4.78, 5) is 23.8. The van der Waals surface area contributed by atoms with Crippen molar-refractivity contribution in [3.63, 3.8) is 0 Å². The van der Waals surface area contributed by atoms with Crippen molar-refractivity contribution in [3.8, 4) is 5.75 Å². The lowest BCUT2D eigenvalue weighted by Gasteiger charge is -2.07. The Kier molecular flexibility index (Phi) is 6.71. The summed E-state index contributed by atoms with van der Waals surface area (Å²) in [6.45, 7) is 3.16. The zero-order chi connectivity index (χ0) is 20.8. The molecule has 0 atom stereocenters. The SMILES string of the molecule is CCn1ncc(Br)c1CNC(=O)c1ccc(COc2ccc(C(=O)OC)cc2)o1. The molecule has 0 aliphatic heterocycles. The molecule has 0 radical (unpaired) electrons. The van der Waals surface area contributed by atoms with Gasteiger partial charge in [0, 0.05) is 6.54 Å². The highest BCUT2D eigenvalue weighted by atomic mass is 79.9. The van der Waals surface area contributed by atoms with Crippen LogP contribution in [0.2, 0.25) is 0 Å². The fraction of sp³-hybridized carbons (Fsp3) is 0.250. The van der Waals surface area contributed by atoms with Gasteiger partial charge in [-0.2, -0.15) is 5.10 Å². The highest BCUT2D eigenvalue weighted by Crippen LogP contribution is 2.18. The summed E-state index contributed by atoms with van der Waals surface area (Å²) in [5.41, 5.74) is 1.32. The predicted molar refractivity (Wildman–Crippen MR) is 108 cm³/mol. The third-order valence-corrected chi connectivity index (χ3v) is 4.82. The van der Waals surface area contributed by atoms with Crippen LogP contribution < -0.4 is 10.1 Å². The van der Waals surface area contributed by atoms with E-state index in [1.165, 1.54) is 7.11 Å². The van der Waals surface area contributed by atoms with E-state index in [1.807, 2.05) is 6.92 Å². The summed E-state index contributed by atoms with van der Waals surface area (Å²) < 4.78 is 18.5. The van der Waals surface area contributed by atoms with Crippen molar-refractivity contribution in [2.24, 2.45) is 0 Å². The molecule has 0 bridgehead atoms. The number of halogens is 1. The average molecular weight is 462 g/mol.